The van der Waals surface area contributed by atoms with Crippen LogP contribution in [0.3, 0.4) is 0 Å². The molecule has 0 saturated heterocycles. The number of carboxylic acid groups (broad SMARTS) is 1. The number of carbonyl (C=O) groups excluding carboxylic acids is 1. The van der Waals surface area contributed by atoms with E-state index in [9.17, 15) is 9.59 Å². The number of rotatable bonds is 9. The van der Waals surface area contributed by atoms with Gasteiger partial charge in [0.2, 0.25) is 0 Å². The van der Waals surface area contributed by atoms with E-state index < -0.39 is 12.1 Å². The standard InChI is InChI=1S/C25H25N7O4/c1-15-19(36-25(35)32(13-11-22(33)34)21-4-2-3-12-28-21)10-9-18-23(15)31-20(30-18)14-29-17-7-5-16(6-8-17)24(26)27/h2-10,12,29H,11,13-14H2,1H3,(H3,26,27)(H,30,31)(H,33,34). The Balaban J connectivity index is 1.49. The molecule has 2 aromatic carbocycles. The van der Waals surface area contributed by atoms with Gasteiger partial charge in [0.05, 0.1) is 24.0 Å². The van der Waals surface area contributed by atoms with E-state index in [1.54, 1.807) is 49.4 Å². The van der Waals surface area contributed by atoms with Crippen molar-refractivity contribution in [2.24, 2.45) is 5.73 Å². The Morgan fingerprint density at radius 2 is 1.94 bits per heavy atom. The van der Waals surface area contributed by atoms with Crippen LogP contribution >= 0.6 is 0 Å². The lowest BCUT2D eigenvalue weighted by Crippen LogP contribution is -2.36. The Morgan fingerprint density at radius 3 is 2.61 bits per heavy atom. The monoisotopic (exact) mass is 487 g/mol. The van der Waals surface area contributed by atoms with E-state index in [0.717, 1.165) is 11.2 Å². The molecular formula is C25H25N7O4. The van der Waals surface area contributed by atoms with Gasteiger partial charge in [-0.2, -0.15) is 0 Å². The first-order chi connectivity index (χ1) is 17.3. The summed E-state index contributed by atoms with van der Waals surface area (Å²) in [6, 6.07) is 15.6. The van der Waals surface area contributed by atoms with Gasteiger partial charge in [-0.15, -0.1) is 0 Å². The average molecular weight is 488 g/mol. The third-order valence-electron chi connectivity index (χ3n) is 5.46. The third kappa shape index (κ3) is 5.58. The van der Waals surface area contributed by atoms with E-state index in [0.29, 0.717) is 40.6 Å². The van der Waals surface area contributed by atoms with Gasteiger partial charge in [0.25, 0.3) is 0 Å². The zero-order valence-electron chi connectivity index (χ0n) is 19.5. The molecule has 0 atom stereocenters. The molecule has 0 bridgehead atoms. The number of imidazole rings is 1. The molecule has 0 radical (unpaired) electrons. The van der Waals surface area contributed by atoms with Crippen molar-refractivity contribution in [1.82, 2.24) is 15.0 Å². The summed E-state index contributed by atoms with van der Waals surface area (Å²) >= 11 is 0. The van der Waals surface area contributed by atoms with E-state index in [2.05, 4.69) is 20.3 Å². The molecule has 2 heterocycles. The minimum Gasteiger partial charge on any atom is -0.481 e. The van der Waals surface area contributed by atoms with Gasteiger partial charge in [0.1, 0.15) is 23.2 Å². The zero-order chi connectivity index (χ0) is 25.7. The van der Waals surface area contributed by atoms with Crippen molar-refractivity contribution >= 4 is 40.4 Å². The highest BCUT2D eigenvalue weighted by Crippen LogP contribution is 2.27. The molecule has 11 nitrogen and oxygen atoms in total. The van der Waals surface area contributed by atoms with Crippen molar-refractivity contribution in [2.45, 2.75) is 19.9 Å². The summed E-state index contributed by atoms with van der Waals surface area (Å²) in [5.74, 6) is 0.273. The van der Waals surface area contributed by atoms with Crippen LogP contribution in [0.4, 0.5) is 16.3 Å². The predicted molar refractivity (Wildman–Crippen MR) is 135 cm³/mol. The Bertz CT molecular complexity index is 1400. The summed E-state index contributed by atoms with van der Waals surface area (Å²) in [6.45, 7) is 2.13. The highest BCUT2D eigenvalue weighted by atomic mass is 16.6. The largest absolute Gasteiger partial charge is 0.481 e. The first-order valence-electron chi connectivity index (χ1n) is 11.1. The van der Waals surface area contributed by atoms with E-state index in [1.165, 1.54) is 11.1 Å². The highest BCUT2D eigenvalue weighted by Gasteiger charge is 2.22. The summed E-state index contributed by atoms with van der Waals surface area (Å²) in [7, 11) is 0. The number of aromatic amines is 1. The number of aliphatic carboxylic acids is 1. The number of fused-ring (bicyclic) bond motifs is 1. The Morgan fingerprint density at radius 1 is 1.17 bits per heavy atom. The number of hydrogen-bond acceptors (Lipinski definition) is 7. The van der Waals surface area contributed by atoms with Gasteiger partial charge in [-0.1, -0.05) is 6.07 Å². The van der Waals surface area contributed by atoms with Crippen LogP contribution in [0, 0.1) is 12.3 Å². The van der Waals surface area contributed by atoms with Crippen LogP contribution in [0.1, 0.15) is 23.4 Å². The molecule has 4 rings (SSSR count). The van der Waals surface area contributed by atoms with E-state index in [1.807, 2.05) is 12.1 Å². The molecule has 11 heteroatoms. The first-order valence-corrected chi connectivity index (χ1v) is 11.1. The Labute approximate surface area is 206 Å². The maximum absolute atomic E-state index is 13.0. The molecule has 2 aromatic heterocycles. The van der Waals surface area contributed by atoms with Gasteiger partial charge in [-0.3, -0.25) is 15.1 Å². The Kier molecular flexibility index (Phi) is 7.10. The number of amides is 1. The summed E-state index contributed by atoms with van der Waals surface area (Å²) in [4.78, 5) is 37.2. The molecule has 6 N–H and O–H groups in total. The molecule has 0 saturated carbocycles. The molecule has 1 amide bonds. The molecule has 36 heavy (non-hydrogen) atoms. The van der Waals surface area contributed by atoms with Crippen molar-refractivity contribution in [3.63, 3.8) is 0 Å². The van der Waals surface area contributed by atoms with Gasteiger partial charge < -0.3 is 25.9 Å². The second-order valence-corrected chi connectivity index (χ2v) is 7.96. The quantitative estimate of drug-likeness (QED) is 0.176. The number of anilines is 2. The van der Waals surface area contributed by atoms with E-state index in [4.69, 9.17) is 21.0 Å². The normalized spacial score (nSPS) is 10.7. The number of pyridine rings is 1. The van der Waals surface area contributed by atoms with Crippen molar-refractivity contribution in [3.05, 3.63) is 77.7 Å². The van der Waals surface area contributed by atoms with Gasteiger partial charge in [-0.25, -0.2) is 14.8 Å². The maximum Gasteiger partial charge on any atom is 0.420 e. The van der Waals surface area contributed by atoms with Crippen molar-refractivity contribution in [3.8, 4) is 5.75 Å². The number of ether oxygens (including phenoxy) is 1. The van der Waals surface area contributed by atoms with E-state index in [-0.39, 0.29) is 18.8 Å². The average Bonchev–Trinajstić information content (AvgIpc) is 3.29. The lowest BCUT2D eigenvalue weighted by Gasteiger charge is -2.20. The number of hydrogen-bond donors (Lipinski definition) is 5. The highest BCUT2D eigenvalue weighted by molar-refractivity contribution is 5.95. The number of H-pyrrole nitrogens is 1. The van der Waals surface area contributed by atoms with Crippen molar-refractivity contribution < 1.29 is 19.4 Å². The molecule has 184 valence electrons. The van der Waals surface area contributed by atoms with Gasteiger partial charge >= 0.3 is 12.1 Å². The summed E-state index contributed by atoms with van der Waals surface area (Å²) in [5.41, 5.74) is 9.08. The number of nitrogens with zero attached hydrogens (tertiary/aromatic N) is 3. The number of aromatic nitrogens is 3. The number of nitrogen functional groups attached to an aromatic ring is 1. The summed E-state index contributed by atoms with van der Waals surface area (Å²) < 4.78 is 5.63. The number of carboxylic acids is 1. The van der Waals surface area contributed by atoms with Gasteiger partial charge in [0.15, 0.2) is 0 Å². The topological polar surface area (TPSA) is 170 Å². The second kappa shape index (κ2) is 10.6. The smallest absolute Gasteiger partial charge is 0.420 e. The molecule has 0 fully saturated rings. The Hall–Kier alpha value is -4.93. The lowest BCUT2D eigenvalue weighted by atomic mass is 10.2. The number of carbonyl (C=O) groups is 2. The van der Waals surface area contributed by atoms with Crippen LogP contribution in [-0.2, 0) is 11.3 Å². The van der Waals surface area contributed by atoms with Crippen LogP contribution in [0.15, 0.2) is 60.8 Å². The maximum atomic E-state index is 13.0. The van der Waals surface area contributed by atoms with Crippen LogP contribution in [0.5, 0.6) is 5.75 Å². The number of amidine groups is 1. The molecule has 4 aromatic rings. The minimum absolute atomic E-state index is 0.0100. The SMILES string of the molecule is Cc1c(OC(=O)N(CCC(=O)O)c2ccccn2)ccc2[nH]c(CNc3ccc(C(=N)N)cc3)nc12. The summed E-state index contributed by atoms with van der Waals surface area (Å²) in [6.07, 6.45) is 0.533. The van der Waals surface area contributed by atoms with Gasteiger partial charge in [-0.05, 0) is 55.5 Å². The number of benzene rings is 2. The summed E-state index contributed by atoms with van der Waals surface area (Å²) in [5, 5.41) is 19.8. The minimum atomic E-state index is -1.03. The fraction of sp³-hybridized carbons (Fsp3) is 0.160. The van der Waals surface area contributed by atoms with Crippen LogP contribution < -0.4 is 20.7 Å². The van der Waals surface area contributed by atoms with Crippen LogP contribution in [0.2, 0.25) is 0 Å². The molecule has 0 aliphatic heterocycles. The van der Waals surface area contributed by atoms with Crippen LogP contribution in [-0.4, -0.2) is 44.5 Å². The number of nitrogens with two attached hydrogens (primary N) is 1. The molecule has 0 spiro atoms. The zero-order valence-corrected chi connectivity index (χ0v) is 19.5. The van der Waals surface area contributed by atoms with E-state index >= 15 is 0 Å². The fourth-order valence-electron chi connectivity index (χ4n) is 3.56. The number of nitrogens with one attached hydrogen (secondary N) is 3. The fourth-order valence-corrected chi connectivity index (χ4v) is 3.56. The second-order valence-electron chi connectivity index (χ2n) is 7.96. The van der Waals surface area contributed by atoms with Crippen molar-refractivity contribution in [2.75, 3.05) is 16.8 Å². The predicted octanol–water partition coefficient (Wildman–Crippen LogP) is 3.64. The first kappa shape index (κ1) is 24.2. The molecule has 0 aliphatic carbocycles. The van der Waals surface area contributed by atoms with Gasteiger partial charge in [0, 0.05) is 29.6 Å². The number of aryl methyl sites for hydroxylation is 1. The lowest BCUT2D eigenvalue weighted by molar-refractivity contribution is -0.136. The van der Waals surface area contributed by atoms with Crippen molar-refractivity contribution in [1.29, 1.82) is 5.41 Å². The van der Waals surface area contributed by atoms with Crippen LogP contribution in [0.25, 0.3) is 11.0 Å². The molecule has 0 unspecified atom stereocenters. The third-order valence-corrected chi connectivity index (χ3v) is 5.46. The molecular weight excluding hydrogens is 462 g/mol. The molecule has 0 aliphatic rings.